The molecular formula is C11H22O5. The molecule has 5 atom stereocenters. The molecule has 5 nitrogen and oxygen atoms in total. The fourth-order valence-electron chi connectivity index (χ4n) is 2.18. The van der Waals surface area contributed by atoms with Crippen LogP contribution in [0.2, 0.25) is 0 Å². The van der Waals surface area contributed by atoms with Gasteiger partial charge < -0.3 is 25.2 Å². The molecule has 96 valence electrons. The molecule has 0 spiro atoms. The Hall–Kier alpha value is -0.200. The molecule has 0 radical (unpaired) electrons. The Morgan fingerprint density at radius 3 is 2.12 bits per heavy atom. The van der Waals surface area contributed by atoms with Gasteiger partial charge in [0.15, 0.2) is 6.29 Å². The monoisotopic (exact) mass is 234 g/mol. The lowest BCUT2D eigenvalue weighted by molar-refractivity contribution is -0.288. The molecule has 16 heavy (non-hydrogen) atoms. The second-order valence-corrected chi connectivity index (χ2v) is 5.10. The molecule has 0 bridgehead atoms. The van der Waals surface area contributed by atoms with Crippen LogP contribution in [0.3, 0.4) is 0 Å². The lowest BCUT2D eigenvalue weighted by Crippen LogP contribution is -2.59. The van der Waals surface area contributed by atoms with Crippen molar-refractivity contribution < 1.29 is 25.2 Å². The zero-order valence-electron chi connectivity index (χ0n) is 10.00. The van der Waals surface area contributed by atoms with Gasteiger partial charge in [0.05, 0.1) is 12.7 Å². The van der Waals surface area contributed by atoms with Crippen molar-refractivity contribution in [1.82, 2.24) is 0 Å². The Labute approximate surface area is 95.7 Å². The number of rotatable bonds is 3. The summed E-state index contributed by atoms with van der Waals surface area (Å²) in [5.74, 6) is -0.560. The van der Waals surface area contributed by atoms with Crippen LogP contribution in [0.5, 0.6) is 0 Å². The lowest BCUT2D eigenvalue weighted by atomic mass is 9.70. The maximum absolute atomic E-state index is 9.98. The zero-order valence-corrected chi connectivity index (χ0v) is 10.00. The van der Waals surface area contributed by atoms with Crippen molar-refractivity contribution in [3.8, 4) is 0 Å². The maximum Gasteiger partial charge on any atom is 0.161 e. The zero-order chi connectivity index (χ0) is 12.5. The smallest absolute Gasteiger partial charge is 0.161 e. The van der Waals surface area contributed by atoms with Crippen LogP contribution in [0, 0.1) is 11.3 Å². The third-order valence-corrected chi connectivity index (χ3v) is 3.71. The predicted molar refractivity (Wildman–Crippen MR) is 57.5 cm³/mol. The Balaban J connectivity index is 2.87. The number of hydrogen-bond acceptors (Lipinski definition) is 5. The van der Waals surface area contributed by atoms with E-state index in [1.165, 1.54) is 0 Å². The van der Waals surface area contributed by atoms with Gasteiger partial charge in [-0.2, -0.15) is 0 Å². The van der Waals surface area contributed by atoms with Crippen LogP contribution in [0.4, 0.5) is 0 Å². The van der Waals surface area contributed by atoms with Crippen LogP contribution >= 0.6 is 0 Å². The van der Waals surface area contributed by atoms with Gasteiger partial charge in [-0.1, -0.05) is 27.2 Å². The summed E-state index contributed by atoms with van der Waals surface area (Å²) in [5.41, 5.74) is -0.347. The Morgan fingerprint density at radius 1 is 1.12 bits per heavy atom. The Morgan fingerprint density at radius 2 is 1.69 bits per heavy atom. The SMILES string of the molecule is CCC(C)(C)C1C(O)OC(CO)C(O)C1O. The molecule has 1 aliphatic heterocycles. The van der Waals surface area contributed by atoms with Crippen molar-refractivity contribution in [2.24, 2.45) is 11.3 Å². The van der Waals surface area contributed by atoms with E-state index in [9.17, 15) is 15.3 Å². The van der Waals surface area contributed by atoms with Crippen LogP contribution in [0.15, 0.2) is 0 Å². The largest absolute Gasteiger partial charge is 0.394 e. The van der Waals surface area contributed by atoms with Gasteiger partial charge in [-0.3, -0.25) is 0 Å². The quantitative estimate of drug-likeness (QED) is 0.527. The van der Waals surface area contributed by atoms with Crippen LogP contribution in [0.1, 0.15) is 27.2 Å². The first-order valence-corrected chi connectivity index (χ1v) is 5.65. The molecule has 0 aliphatic carbocycles. The molecule has 0 amide bonds. The van der Waals surface area contributed by atoms with E-state index in [2.05, 4.69) is 0 Å². The van der Waals surface area contributed by atoms with E-state index in [1.807, 2.05) is 20.8 Å². The fraction of sp³-hybridized carbons (Fsp3) is 1.00. The maximum atomic E-state index is 9.98. The van der Waals surface area contributed by atoms with Crippen LogP contribution in [-0.4, -0.2) is 51.6 Å². The molecule has 1 saturated heterocycles. The van der Waals surface area contributed by atoms with Gasteiger partial charge in [-0.05, 0) is 5.41 Å². The minimum atomic E-state index is -1.16. The van der Waals surface area contributed by atoms with E-state index in [4.69, 9.17) is 9.84 Å². The molecule has 1 aliphatic rings. The molecule has 0 aromatic rings. The average molecular weight is 234 g/mol. The summed E-state index contributed by atoms with van der Waals surface area (Å²) in [6, 6.07) is 0. The van der Waals surface area contributed by atoms with E-state index in [1.54, 1.807) is 0 Å². The minimum Gasteiger partial charge on any atom is -0.394 e. The van der Waals surface area contributed by atoms with Crippen molar-refractivity contribution in [1.29, 1.82) is 0 Å². The van der Waals surface area contributed by atoms with Gasteiger partial charge in [0.1, 0.15) is 12.2 Å². The third kappa shape index (κ3) is 2.38. The van der Waals surface area contributed by atoms with Crippen molar-refractivity contribution >= 4 is 0 Å². The first kappa shape index (κ1) is 13.9. The molecular weight excluding hydrogens is 212 g/mol. The highest BCUT2D eigenvalue weighted by atomic mass is 16.6. The lowest BCUT2D eigenvalue weighted by Gasteiger charge is -2.46. The summed E-state index contributed by atoms with van der Waals surface area (Å²) in [5, 5.41) is 38.5. The highest BCUT2D eigenvalue weighted by Crippen LogP contribution is 2.40. The molecule has 1 fully saturated rings. The highest BCUT2D eigenvalue weighted by molar-refractivity contribution is 4.94. The van der Waals surface area contributed by atoms with Crippen molar-refractivity contribution in [2.75, 3.05) is 6.61 Å². The number of aliphatic hydroxyl groups excluding tert-OH is 4. The molecule has 1 heterocycles. The second kappa shape index (κ2) is 4.98. The molecule has 1 rings (SSSR count). The molecule has 0 aromatic carbocycles. The van der Waals surface area contributed by atoms with Gasteiger partial charge in [-0.15, -0.1) is 0 Å². The minimum absolute atomic E-state index is 0.347. The van der Waals surface area contributed by atoms with Crippen molar-refractivity contribution in [2.45, 2.75) is 51.8 Å². The summed E-state index contributed by atoms with van der Waals surface area (Å²) < 4.78 is 5.11. The number of ether oxygens (including phenoxy) is 1. The van der Waals surface area contributed by atoms with E-state index in [-0.39, 0.29) is 5.41 Å². The van der Waals surface area contributed by atoms with Gasteiger partial charge in [-0.25, -0.2) is 0 Å². The summed E-state index contributed by atoms with van der Waals surface area (Å²) >= 11 is 0. The van der Waals surface area contributed by atoms with Gasteiger partial charge in [0, 0.05) is 5.92 Å². The van der Waals surface area contributed by atoms with Crippen molar-refractivity contribution in [3.63, 3.8) is 0 Å². The molecule has 0 saturated carbocycles. The van der Waals surface area contributed by atoms with Gasteiger partial charge in [0.25, 0.3) is 0 Å². The second-order valence-electron chi connectivity index (χ2n) is 5.10. The topological polar surface area (TPSA) is 90.2 Å². The Kier molecular flexibility index (Phi) is 4.31. The Bertz CT molecular complexity index is 230. The normalized spacial score (nSPS) is 41.1. The third-order valence-electron chi connectivity index (χ3n) is 3.71. The average Bonchev–Trinajstić information content (AvgIpc) is 2.23. The fourth-order valence-corrected chi connectivity index (χ4v) is 2.18. The summed E-state index contributed by atoms with van der Waals surface area (Å²) in [6.45, 7) is 5.33. The summed E-state index contributed by atoms with van der Waals surface area (Å²) in [4.78, 5) is 0. The molecule has 5 heteroatoms. The predicted octanol–water partition coefficient (Wildman–Crippen LogP) is -0.530. The van der Waals surface area contributed by atoms with Crippen LogP contribution in [-0.2, 0) is 4.74 Å². The van der Waals surface area contributed by atoms with E-state index < -0.39 is 37.1 Å². The molecule has 0 aromatic heterocycles. The first-order valence-electron chi connectivity index (χ1n) is 5.65. The number of aliphatic hydroxyl groups is 4. The summed E-state index contributed by atoms with van der Waals surface area (Å²) in [6.07, 6.45) is -3.59. The highest BCUT2D eigenvalue weighted by Gasteiger charge is 2.49. The van der Waals surface area contributed by atoms with E-state index in [0.29, 0.717) is 0 Å². The van der Waals surface area contributed by atoms with E-state index >= 15 is 0 Å². The molecule has 4 N–H and O–H groups in total. The molecule has 5 unspecified atom stereocenters. The van der Waals surface area contributed by atoms with Crippen LogP contribution < -0.4 is 0 Å². The van der Waals surface area contributed by atoms with Crippen molar-refractivity contribution in [3.05, 3.63) is 0 Å². The van der Waals surface area contributed by atoms with Crippen LogP contribution in [0.25, 0.3) is 0 Å². The van der Waals surface area contributed by atoms with Gasteiger partial charge >= 0.3 is 0 Å². The standard InChI is InChI=1S/C11H22O5/c1-4-11(2,3)7-9(14)8(13)6(5-12)16-10(7)15/h6-10,12-15H,4-5H2,1-3H3. The first-order chi connectivity index (χ1) is 7.35. The number of hydrogen-bond donors (Lipinski definition) is 4. The van der Waals surface area contributed by atoms with E-state index in [0.717, 1.165) is 6.42 Å². The van der Waals surface area contributed by atoms with Gasteiger partial charge in [0.2, 0.25) is 0 Å². The summed E-state index contributed by atoms with van der Waals surface area (Å²) in [7, 11) is 0.